The number of fused-ring (bicyclic) bond motifs is 1. The van der Waals surface area contributed by atoms with Crippen LogP contribution in [0.1, 0.15) is 48.0 Å². The molecule has 5 heteroatoms. The second kappa shape index (κ2) is 13.3. The summed E-state index contributed by atoms with van der Waals surface area (Å²) in [6.07, 6.45) is 6.48. The van der Waals surface area contributed by atoms with E-state index in [0.717, 1.165) is 46.5 Å². The molecule has 0 aliphatic carbocycles. The third kappa shape index (κ3) is 6.98. The Hall–Kier alpha value is -3.67. The summed E-state index contributed by atoms with van der Waals surface area (Å²) in [4.78, 5) is 18.8. The van der Waals surface area contributed by atoms with Gasteiger partial charge in [0, 0.05) is 24.2 Å². The smallest absolute Gasteiger partial charge is 0.193 e. The van der Waals surface area contributed by atoms with E-state index in [-0.39, 0.29) is 5.78 Å². The number of ketones is 1. The van der Waals surface area contributed by atoms with E-state index in [1.807, 2.05) is 54.6 Å². The summed E-state index contributed by atoms with van der Waals surface area (Å²) >= 11 is 0. The Morgan fingerprint density at radius 2 is 1.12 bits per heavy atom. The van der Waals surface area contributed by atoms with Crippen LogP contribution in [0.5, 0.6) is 11.5 Å². The Morgan fingerprint density at radius 1 is 0.610 bits per heavy atom. The lowest BCUT2D eigenvalue weighted by Crippen LogP contribution is -2.33. The highest BCUT2D eigenvalue weighted by Gasteiger charge is 2.17. The molecule has 0 radical (unpaired) electrons. The van der Waals surface area contributed by atoms with Crippen LogP contribution in [0.4, 0.5) is 0 Å². The molecule has 4 aromatic carbocycles. The largest absolute Gasteiger partial charge is 0.492 e. The molecule has 4 aromatic rings. The van der Waals surface area contributed by atoms with Gasteiger partial charge in [0.25, 0.3) is 0 Å². The predicted molar refractivity (Wildman–Crippen MR) is 166 cm³/mol. The van der Waals surface area contributed by atoms with Gasteiger partial charge in [-0.25, -0.2) is 0 Å². The molecule has 0 N–H and O–H groups in total. The Kier molecular flexibility index (Phi) is 8.94. The fourth-order valence-electron chi connectivity index (χ4n) is 6.03. The quantitative estimate of drug-likeness (QED) is 0.187. The average molecular weight is 549 g/mol. The number of hydrogen-bond acceptors (Lipinski definition) is 5. The molecule has 2 fully saturated rings. The maximum atomic E-state index is 13.9. The fraction of sp³-hybridized carbons (Fsp3) is 0.361. The van der Waals surface area contributed by atoms with Gasteiger partial charge in [-0.05, 0) is 122 Å². The van der Waals surface area contributed by atoms with Crippen molar-refractivity contribution in [3.05, 3.63) is 96.1 Å². The zero-order valence-corrected chi connectivity index (χ0v) is 23.9. The van der Waals surface area contributed by atoms with Crippen molar-refractivity contribution < 1.29 is 14.3 Å². The zero-order chi connectivity index (χ0) is 27.9. The highest BCUT2D eigenvalue weighted by Crippen LogP contribution is 2.32. The Balaban J connectivity index is 1.17. The number of hydrogen-bond donors (Lipinski definition) is 0. The number of likely N-dealkylation sites (tertiary alicyclic amines) is 2. The highest BCUT2D eigenvalue weighted by molar-refractivity contribution is 6.15. The minimum atomic E-state index is 0.0107. The predicted octanol–water partition coefficient (Wildman–Crippen LogP) is 7.08. The molecule has 2 heterocycles. The molecular formula is C36H40N2O3. The number of nitrogens with zero attached hydrogens (tertiary/aromatic N) is 2. The van der Waals surface area contributed by atoms with Crippen molar-refractivity contribution in [1.29, 1.82) is 0 Å². The topological polar surface area (TPSA) is 42.0 Å². The molecule has 41 heavy (non-hydrogen) atoms. The van der Waals surface area contributed by atoms with Crippen LogP contribution >= 0.6 is 0 Å². The van der Waals surface area contributed by atoms with Crippen LogP contribution in [0.2, 0.25) is 0 Å². The first-order valence-electron chi connectivity index (χ1n) is 15.2. The molecule has 0 unspecified atom stereocenters. The lowest BCUT2D eigenvalue weighted by atomic mass is 9.91. The van der Waals surface area contributed by atoms with E-state index >= 15 is 0 Å². The van der Waals surface area contributed by atoms with Gasteiger partial charge in [0.05, 0.1) is 0 Å². The van der Waals surface area contributed by atoms with Gasteiger partial charge in [0.15, 0.2) is 5.78 Å². The first kappa shape index (κ1) is 27.5. The maximum absolute atomic E-state index is 13.9. The Bertz CT molecular complexity index is 1440. The second-order valence-corrected chi connectivity index (χ2v) is 11.3. The molecule has 212 valence electrons. The molecule has 2 aliphatic heterocycles. The van der Waals surface area contributed by atoms with E-state index in [1.165, 1.54) is 58.3 Å². The van der Waals surface area contributed by atoms with Crippen LogP contribution in [0.25, 0.3) is 21.9 Å². The van der Waals surface area contributed by atoms with E-state index in [9.17, 15) is 4.79 Å². The van der Waals surface area contributed by atoms with Crippen LogP contribution in [0.15, 0.2) is 84.9 Å². The van der Waals surface area contributed by atoms with Gasteiger partial charge in [-0.1, -0.05) is 42.8 Å². The second-order valence-electron chi connectivity index (χ2n) is 11.3. The summed E-state index contributed by atoms with van der Waals surface area (Å²) in [5, 5.41) is 2.17. The lowest BCUT2D eigenvalue weighted by molar-refractivity contribution is 0.103. The van der Waals surface area contributed by atoms with Crippen molar-refractivity contribution in [2.24, 2.45) is 0 Å². The minimum absolute atomic E-state index is 0.0107. The van der Waals surface area contributed by atoms with Gasteiger partial charge in [0.2, 0.25) is 0 Å². The van der Waals surface area contributed by atoms with Crippen LogP contribution in [0.3, 0.4) is 0 Å². The summed E-state index contributed by atoms with van der Waals surface area (Å²) in [5.41, 5.74) is 3.29. The monoisotopic (exact) mass is 548 g/mol. The summed E-state index contributed by atoms with van der Waals surface area (Å²) < 4.78 is 12.0. The molecule has 5 nitrogen and oxygen atoms in total. The molecule has 0 amide bonds. The minimum Gasteiger partial charge on any atom is -0.492 e. The standard InChI is InChI=1S/C36H40N2O3/c39-36(29-12-16-33(17-13-29)41-24-22-37-18-4-1-5-19-37)35-27-31-9-3-2-8-30(31)26-34(35)28-10-14-32(15-11-28)40-25-23-38-20-6-7-21-38/h2-3,8-17,26-27H,1,4-7,18-25H2. The van der Waals surface area contributed by atoms with Gasteiger partial charge in [0.1, 0.15) is 24.7 Å². The van der Waals surface area contributed by atoms with Crippen molar-refractivity contribution in [3.63, 3.8) is 0 Å². The van der Waals surface area contributed by atoms with Crippen molar-refractivity contribution in [3.8, 4) is 22.6 Å². The number of piperidine rings is 1. The van der Waals surface area contributed by atoms with Crippen molar-refractivity contribution >= 4 is 16.6 Å². The van der Waals surface area contributed by atoms with Crippen LogP contribution in [0, 0.1) is 0 Å². The average Bonchev–Trinajstić information content (AvgIpc) is 3.55. The number of carbonyl (C=O) groups excluding carboxylic acids is 1. The molecule has 0 atom stereocenters. The van der Waals surface area contributed by atoms with Crippen molar-refractivity contribution in [1.82, 2.24) is 9.80 Å². The molecule has 0 saturated carbocycles. The van der Waals surface area contributed by atoms with Gasteiger partial charge in [-0.3, -0.25) is 14.6 Å². The summed E-state index contributed by atoms with van der Waals surface area (Å²) in [6, 6.07) is 28.1. The van der Waals surface area contributed by atoms with E-state index in [0.29, 0.717) is 24.3 Å². The van der Waals surface area contributed by atoms with E-state index in [1.54, 1.807) is 0 Å². The zero-order valence-electron chi connectivity index (χ0n) is 23.9. The molecule has 6 rings (SSSR count). The normalized spacial score (nSPS) is 16.2. The van der Waals surface area contributed by atoms with Crippen molar-refractivity contribution in [2.45, 2.75) is 32.1 Å². The SMILES string of the molecule is O=C(c1ccc(OCCN2CCCCC2)cc1)c1cc2ccccc2cc1-c1ccc(OCCN2CCCC2)cc1. The fourth-order valence-corrected chi connectivity index (χ4v) is 6.03. The number of ether oxygens (including phenoxy) is 2. The highest BCUT2D eigenvalue weighted by atomic mass is 16.5. The number of benzene rings is 4. The maximum Gasteiger partial charge on any atom is 0.193 e. The molecule has 2 saturated heterocycles. The third-order valence-electron chi connectivity index (χ3n) is 8.41. The molecule has 0 bridgehead atoms. The summed E-state index contributed by atoms with van der Waals surface area (Å²) in [6.45, 7) is 7.96. The molecule has 0 spiro atoms. The van der Waals surface area contributed by atoms with Gasteiger partial charge in [-0.2, -0.15) is 0 Å². The van der Waals surface area contributed by atoms with Gasteiger partial charge in [-0.15, -0.1) is 0 Å². The van der Waals surface area contributed by atoms with Gasteiger partial charge >= 0.3 is 0 Å². The summed E-state index contributed by atoms with van der Waals surface area (Å²) in [5.74, 6) is 1.67. The lowest BCUT2D eigenvalue weighted by Gasteiger charge is -2.26. The van der Waals surface area contributed by atoms with Crippen molar-refractivity contribution in [2.75, 3.05) is 52.5 Å². The summed E-state index contributed by atoms with van der Waals surface area (Å²) in [7, 11) is 0. The molecule has 2 aliphatic rings. The Morgan fingerprint density at radius 3 is 1.71 bits per heavy atom. The van der Waals surface area contributed by atoms with E-state index in [2.05, 4.69) is 40.1 Å². The van der Waals surface area contributed by atoms with E-state index in [4.69, 9.17) is 9.47 Å². The number of carbonyl (C=O) groups is 1. The van der Waals surface area contributed by atoms with Crippen LogP contribution in [-0.2, 0) is 0 Å². The first-order valence-corrected chi connectivity index (χ1v) is 15.2. The van der Waals surface area contributed by atoms with Gasteiger partial charge < -0.3 is 9.47 Å². The van der Waals surface area contributed by atoms with E-state index < -0.39 is 0 Å². The Labute approximate surface area is 243 Å². The number of rotatable bonds is 11. The first-order chi connectivity index (χ1) is 20.2. The third-order valence-corrected chi connectivity index (χ3v) is 8.41. The molecular weight excluding hydrogens is 508 g/mol. The molecule has 0 aromatic heterocycles. The van der Waals surface area contributed by atoms with Crippen LogP contribution < -0.4 is 9.47 Å². The van der Waals surface area contributed by atoms with Crippen LogP contribution in [-0.4, -0.2) is 68.1 Å².